The fourth-order valence-corrected chi connectivity index (χ4v) is 1.94. The Morgan fingerprint density at radius 3 is 2.73 bits per heavy atom. The van der Waals surface area contributed by atoms with Crippen molar-refractivity contribution >= 4 is 33.6 Å². The summed E-state index contributed by atoms with van der Waals surface area (Å²) in [5, 5.41) is 2.72. The van der Waals surface area contributed by atoms with E-state index in [1.165, 1.54) is 11.3 Å². The maximum Gasteiger partial charge on any atom is 0.132 e. The van der Waals surface area contributed by atoms with Crippen molar-refractivity contribution in [2.45, 2.75) is 19.3 Å². The summed E-state index contributed by atoms with van der Waals surface area (Å²) in [6, 6.07) is 0. The number of halogens is 1. The van der Waals surface area contributed by atoms with Crippen LogP contribution in [0.25, 0.3) is 0 Å². The van der Waals surface area contributed by atoms with Crippen LogP contribution in [0.5, 0.6) is 0 Å². The summed E-state index contributed by atoms with van der Waals surface area (Å²) in [6.07, 6.45) is 0.915. The first kappa shape index (κ1) is 8.87. The Bertz CT molecular complexity index is 269. The zero-order valence-electron chi connectivity index (χ0n) is 6.30. The first-order valence-corrected chi connectivity index (χ1v) is 4.81. The van der Waals surface area contributed by atoms with Gasteiger partial charge in [-0.1, -0.05) is 0 Å². The van der Waals surface area contributed by atoms with Gasteiger partial charge in [0.15, 0.2) is 0 Å². The topological polar surface area (TPSA) is 30.0 Å². The van der Waals surface area contributed by atoms with Crippen LogP contribution in [0.15, 0.2) is 9.98 Å². The first-order chi connectivity index (χ1) is 5.06. The number of aromatic nitrogens is 1. The number of hydrogen-bond donors (Lipinski definition) is 0. The Morgan fingerprint density at radius 2 is 2.36 bits per heavy atom. The quantitative estimate of drug-likeness (QED) is 0.735. The summed E-state index contributed by atoms with van der Waals surface area (Å²) in [5.41, 5.74) is -0.448. The number of carbonyl (C=O) groups excluding carboxylic acids is 1. The molecule has 0 bridgehead atoms. The summed E-state index contributed by atoms with van der Waals surface area (Å²) < 4.78 is 0.799. The van der Waals surface area contributed by atoms with Crippen LogP contribution < -0.4 is 0 Å². The molecule has 0 atom stereocenters. The SMILES string of the molecule is CC(C)(C=O)c1nc(Br)cs1. The van der Waals surface area contributed by atoms with Gasteiger partial charge >= 0.3 is 0 Å². The molecule has 1 rings (SSSR count). The van der Waals surface area contributed by atoms with Crippen LogP contribution in [0.3, 0.4) is 0 Å². The lowest BCUT2D eigenvalue weighted by atomic mass is 9.97. The van der Waals surface area contributed by atoms with E-state index in [0.717, 1.165) is 15.9 Å². The van der Waals surface area contributed by atoms with Gasteiger partial charge in [-0.2, -0.15) is 0 Å². The number of carbonyl (C=O) groups is 1. The van der Waals surface area contributed by atoms with E-state index < -0.39 is 5.41 Å². The zero-order valence-corrected chi connectivity index (χ0v) is 8.70. The molecule has 0 amide bonds. The van der Waals surface area contributed by atoms with Gasteiger partial charge in [-0.25, -0.2) is 4.98 Å². The van der Waals surface area contributed by atoms with Gasteiger partial charge in [-0.3, -0.25) is 0 Å². The van der Waals surface area contributed by atoms with E-state index in [-0.39, 0.29) is 0 Å². The molecule has 11 heavy (non-hydrogen) atoms. The molecule has 1 heterocycles. The van der Waals surface area contributed by atoms with E-state index in [4.69, 9.17) is 0 Å². The third-order valence-electron chi connectivity index (χ3n) is 1.32. The van der Waals surface area contributed by atoms with Crippen LogP contribution >= 0.6 is 27.3 Å². The smallest absolute Gasteiger partial charge is 0.132 e. The van der Waals surface area contributed by atoms with Crippen molar-refractivity contribution in [3.63, 3.8) is 0 Å². The zero-order chi connectivity index (χ0) is 8.48. The summed E-state index contributed by atoms with van der Waals surface area (Å²) in [7, 11) is 0. The molecular formula is C7H8BrNOS. The Morgan fingerprint density at radius 1 is 1.73 bits per heavy atom. The molecule has 60 valence electrons. The van der Waals surface area contributed by atoms with E-state index in [1.54, 1.807) is 0 Å². The molecule has 0 N–H and O–H groups in total. The van der Waals surface area contributed by atoms with Crippen LogP contribution in [-0.4, -0.2) is 11.3 Å². The fourth-order valence-electron chi connectivity index (χ4n) is 0.601. The summed E-state index contributed by atoms with van der Waals surface area (Å²) >= 11 is 4.73. The highest BCUT2D eigenvalue weighted by molar-refractivity contribution is 9.10. The molecule has 0 aliphatic rings. The van der Waals surface area contributed by atoms with E-state index >= 15 is 0 Å². The molecule has 2 nitrogen and oxygen atoms in total. The van der Waals surface area contributed by atoms with Gasteiger partial charge in [0.25, 0.3) is 0 Å². The second-order valence-electron chi connectivity index (χ2n) is 2.81. The highest BCUT2D eigenvalue weighted by Gasteiger charge is 2.22. The lowest BCUT2D eigenvalue weighted by molar-refractivity contribution is -0.111. The Kier molecular flexibility index (Phi) is 2.44. The van der Waals surface area contributed by atoms with Gasteiger partial charge in [0.05, 0.1) is 5.41 Å². The van der Waals surface area contributed by atoms with Crippen molar-refractivity contribution in [1.82, 2.24) is 4.98 Å². The van der Waals surface area contributed by atoms with Crippen LogP contribution in [0.4, 0.5) is 0 Å². The Hall–Kier alpha value is -0.220. The van der Waals surface area contributed by atoms with Gasteiger partial charge < -0.3 is 4.79 Å². The van der Waals surface area contributed by atoms with Crippen molar-refractivity contribution in [1.29, 1.82) is 0 Å². The van der Waals surface area contributed by atoms with Gasteiger partial charge in [-0.05, 0) is 29.8 Å². The second kappa shape index (κ2) is 3.03. The highest BCUT2D eigenvalue weighted by atomic mass is 79.9. The molecule has 0 fully saturated rings. The minimum Gasteiger partial charge on any atom is -0.302 e. The maximum absolute atomic E-state index is 10.6. The van der Waals surface area contributed by atoms with E-state index in [9.17, 15) is 4.79 Å². The lowest BCUT2D eigenvalue weighted by Crippen LogP contribution is -2.17. The number of aldehydes is 1. The standard InChI is InChI=1S/C7H8BrNOS/c1-7(2,4-10)6-9-5(8)3-11-6/h3-4H,1-2H3. The average Bonchev–Trinajstić information content (AvgIpc) is 2.36. The van der Waals surface area contributed by atoms with Crippen LogP contribution in [0, 0.1) is 0 Å². The summed E-state index contributed by atoms with van der Waals surface area (Å²) in [6.45, 7) is 3.70. The van der Waals surface area contributed by atoms with Gasteiger partial charge in [0, 0.05) is 5.38 Å². The molecule has 0 unspecified atom stereocenters. The summed E-state index contributed by atoms with van der Waals surface area (Å²) in [4.78, 5) is 14.7. The molecule has 0 saturated heterocycles. The van der Waals surface area contributed by atoms with Crippen molar-refractivity contribution in [3.05, 3.63) is 15.0 Å². The molecule has 0 radical (unpaired) electrons. The van der Waals surface area contributed by atoms with E-state index in [0.29, 0.717) is 0 Å². The molecule has 1 aromatic rings. The number of rotatable bonds is 2. The van der Waals surface area contributed by atoms with Gasteiger partial charge in [-0.15, -0.1) is 11.3 Å². The molecule has 0 aromatic carbocycles. The molecule has 0 aliphatic carbocycles. The molecular weight excluding hydrogens is 226 g/mol. The van der Waals surface area contributed by atoms with Gasteiger partial charge in [0.1, 0.15) is 15.9 Å². The van der Waals surface area contributed by atoms with E-state index in [1.807, 2.05) is 19.2 Å². The maximum atomic E-state index is 10.6. The second-order valence-corrected chi connectivity index (χ2v) is 4.49. The molecule has 4 heteroatoms. The number of nitrogens with zero attached hydrogens (tertiary/aromatic N) is 1. The van der Waals surface area contributed by atoms with Crippen molar-refractivity contribution < 1.29 is 4.79 Å². The Labute approximate surface area is 77.8 Å². The minimum absolute atomic E-state index is 0.448. The molecule has 0 aliphatic heterocycles. The van der Waals surface area contributed by atoms with Crippen LogP contribution in [-0.2, 0) is 10.2 Å². The van der Waals surface area contributed by atoms with Crippen LogP contribution in [0.2, 0.25) is 0 Å². The first-order valence-electron chi connectivity index (χ1n) is 3.14. The van der Waals surface area contributed by atoms with Crippen molar-refractivity contribution in [3.8, 4) is 0 Å². The Balaban J connectivity index is 3.01. The number of hydrogen-bond acceptors (Lipinski definition) is 3. The third-order valence-corrected chi connectivity index (χ3v) is 3.21. The predicted octanol–water partition coefficient (Wildman–Crippen LogP) is 2.38. The lowest BCUT2D eigenvalue weighted by Gasteiger charge is -2.11. The monoisotopic (exact) mass is 233 g/mol. The highest BCUT2D eigenvalue weighted by Crippen LogP contribution is 2.26. The van der Waals surface area contributed by atoms with Gasteiger partial charge in [0.2, 0.25) is 0 Å². The van der Waals surface area contributed by atoms with Crippen molar-refractivity contribution in [2.24, 2.45) is 0 Å². The number of thiazole rings is 1. The largest absolute Gasteiger partial charge is 0.302 e. The van der Waals surface area contributed by atoms with Crippen molar-refractivity contribution in [2.75, 3.05) is 0 Å². The van der Waals surface area contributed by atoms with E-state index in [2.05, 4.69) is 20.9 Å². The minimum atomic E-state index is -0.448. The summed E-state index contributed by atoms with van der Waals surface area (Å²) in [5.74, 6) is 0. The molecule has 0 spiro atoms. The fraction of sp³-hybridized carbons (Fsp3) is 0.429. The molecule has 0 saturated carbocycles. The normalized spacial score (nSPS) is 11.5. The average molecular weight is 234 g/mol. The third kappa shape index (κ3) is 1.87. The molecule has 1 aromatic heterocycles. The van der Waals surface area contributed by atoms with Crippen LogP contribution in [0.1, 0.15) is 18.9 Å². The predicted molar refractivity (Wildman–Crippen MR) is 48.9 cm³/mol.